The fourth-order valence-corrected chi connectivity index (χ4v) is 2.82. The lowest BCUT2D eigenvalue weighted by Gasteiger charge is -2.37. The van der Waals surface area contributed by atoms with Crippen molar-refractivity contribution in [3.05, 3.63) is 18.2 Å². The third-order valence-electron chi connectivity index (χ3n) is 3.41. The Morgan fingerprint density at radius 1 is 1.24 bits per heavy atom. The smallest absolute Gasteiger partial charge is 0.144 e. The van der Waals surface area contributed by atoms with Crippen LogP contribution < -0.4 is 15.4 Å². The molecule has 0 spiro atoms. The van der Waals surface area contributed by atoms with Crippen molar-refractivity contribution in [3.8, 4) is 5.75 Å². The standard InChI is InChI=1S/C14H22N2O/c1-10-6-11(2)9-16(8-10)13-5-4-12(15)7-14(13)17-3/h4-5,7,10-11H,6,8-9,15H2,1-3H3. The van der Waals surface area contributed by atoms with Crippen LogP contribution in [0.15, 0.2) is 18.2 Å². The monoisotopic (exact) mass is 234 g/mol. The Hall–Kier alpha value is -1.38. The molecule has 0 radical (unpaired) electrons. The number of anilines is 2. The fraction of sp³-hybridized carbons (Fsp3) is 0.571. The van der Waals surface area contributed by atoms with Gasteiger partial charge in [-0.25, -0.2) is 0 Å². The van der Waals surface area contributed by atoms with E-state index in [-0.39, 0.29) is 0 Å². The van der Waals surface area contributed by atoms with Crippen molar-refractivity contribution < 1.29 is 4.74 Å². The van der Waals surface area contributed by atoms with Gasteiger partial charge in [-0.3, -0.25) is 0 Å². The molecule has 1 aliphatic heterocycles. The van der Waals surface area contributed by atoms with Crippen molar-refractivity contribution in [3.63, 3.8) is 0 Å². The van der Waals surface area contributed by atoms with Crippen LogP contribution in [0.3, 0.4) is 0 Å². The molecule has 0 bridgehead atoms. The molecule has 1 aromatic carbocycles. The molecule has 3 heteroatoms. The summed E-state index contributed by atoms with van der Waals surface area (Å²) in [6.07, 6.45) is 1.31. The van der Waals surface area contributed by atoms with E-state index in [0.29, 0.717) is 0 Å². The number of ether oxygens (including phenoxy) is 1. The lowest BCUT2D eigenvalue weighted by atomic mass is 9.91. The van der Waals surface area contributed by atoms with E-state index in [2.05, 4.69) is 24.8 Å². The average molecular weight is 234 g/mol. The Bertz CT molecular complexity index is 382. The van der Waals surface area contributed by atoms with Gasteiger partial charge in [0.1, 0.15) is 5.75 Å². The first-order valence-electron chi connectivity index (χ1n) is 6.28. The molecule has 0 aliphatic carbocycles. The minimum absolute atomic E-state index is 0.737. The highest BCUT2D eigenvalue weighted by molar-refractivity contribution is 5.64. The summed E-state index contributed by atoms with van der Waals surface area (Å²) in [5.41, 5.74) is 7.71. The molecular weight excluding hydrogens is 212 g/mol. The van der Waals surface area contributed by atoms with E-state index in [0.717, 1.165) is 36.4 Å². The Labute approximate surface area is 104 Å². The number of nitrogens with two attached hydrogens (primary N) is 1. The minimum Gasteiger partial charge on any atom is -0.495 e. The first kappa shape index (κ1) is 12.1. The van der Waals surface area contributed by atoms with Gasteiger partial charge in [0.05, 0.1) is 12.8 Å². The molecular formula is C14H22N2O. The van der Waals surface area contributed by atoms with Crippen molar-refractivity contribution in [1.82, 2.24) is 0 Å². The highest BCUT2D eigenvalue weighted by atomic mass is 16.5. The Kier molecular flexibility index (Phi) is 3.46. The zero-order valence-electron chi connectivity index (χ0n) is 10.9. The van der Waals surface area contributed by atoms with Gasteiger partial charge < -0.3 is 15.4 Å². The van der Waals surface area contributed by atoms with Crippen LogP contribution in [-0.4, -0.2) is 20.2 Å². The van der Waals surface area contributed by atoms with Crippen molar-refractivity contribution >= 4 is 11.4 Å². The van der Waals surface area contributed by atoms with Gasteiger partial charge in [0.15, 0.2) is 0 Å². The van der Waals surface area contributed by atoms with Gasteiger partial charge in [-0.2, -0.15) is 0 Å². The van der Waals surface area contributed by atoms with Crippen LogP contribution in [0.4, 0.5) is 11.4 Å². The summed E-state index contributed by atoms with van der Waals surface area (Å²) in [6.45, 7) is 6.83. The zero-order valence-corrected chi connectivity index (χ0v) is 10.9. The highest BCUT2D eigenvalue weighted by Crippen LogP contribution is 2.34. The maximum absolute atomic E-state index is 5.79. The number of hydrogen-bond acceptors (Lipinski definition) is 3. The minimum atomic E-state index is 0.737. The Balaban J connectivity index is 2.26. The maximum atomic E-state index is 5.79. The molecule has 1 aromatic rings. The van der Waals surface area contributed by atoms with Crippen molar-refractivity contribution in [2.45, 2.75) is 20.3 Å². The third-order valence-corrected chi connectivity index (χ3v) is 3.41. The molecule has 2 atom stereocenters. The summed E-state index contributed by atoms with van der Waals surface area (Å²) in [5, 5.41) is 0. The van der Waals surface area contributed by atoms with Crippen molar-refractivity contribution in [2.24, 2.45) is 11.8 Å². The molecule has 1 saturated heterocycles. The summed E-state index contributed by atoms with van der Waals surface area (Å²) in [5.74, 6) is 2.35. The highest BCUT2D eigenvalue weighted by Gasteiger charge is 2.23. The van der Waals surface area contributed by atoms with Crippen LogP contribution in [0.1, 0.15) is 20.3 Å². The van der Waals surface area contributed by atoms with Crippen LogP contribution >= 0.6 is 0 Å². The molecule has 2 unspecified atom stereocenters. The van der Waals surface area contributed by atoms with E-state index in [4.69, 9.17) is 10.5 Å². The van der Waals surface area contributed by atoms with E-state index in [1.54, 1.807) is 7.11 Å². The zero-order chi connectivity index (χ0) is 12.4. The van der Waals surface area contributed by atoms with Gasteiger partial charge in [0, 0.05) is 24.8 Å². The summed E-state index contributed by atoms with van der Waals surface area (Å²) in [4.78, 5) is 2.41. The number of piperidine rings is 1. The van der Waals surface area contributed by atoms with Gasteiger partial charge in [0.25, 0.3) is 0 Å². The Morgan fingerprint density at radius 2 is 1.88 bits per heavy atom. The first-order chi connectivity index (χ1) is 8.10. The molecule has 1 fully saturated rings. The third kappa shape index (κ3) is 2.65. The second kappa shape index (κ2) is 4.86. The summed E-state index contributed by atoms with van der Waals surface area (Å²) in [6, 6.07) is 5.92. The Morgan fingerprint density at radius 3 is 2.47 bits per heavy atom. The van der Waals surface area contributed by atoms with E-state index >= 15 is 0 Å². The lowest BCUT2D eigenvalue weighted by Crippen LogP contribution is -2.38. The average Bonchev–Trinajstić information content (AvgIpc) is 2.27. The number of rotatable bonds is 2. The number of benzene rings is 1. The van der Waals surface area contributed by atoms with Crippen LogP contribution in [0.2, 0.25) is 0 Å². The quantitative estimate of drug-likeness (QED) is 0.800. The number of hydrogen-bond donors (Lipinski definition) is 1. The fourth-order valence-electron chi connectivity index (χ4n) is 2.82. The predicted molar refractivity (Wildman–Crippen MR) is 72.6 cm³/mol. The molecule has 2 N–H and O–H groups in total. The van der Waals surface area contributed by atoms with E-state index in [1.165, 1.54) is 12.1 Å². The van der Waals surface area contributed by atoms with Gasteiger partial charge in [-0.05, 0) is 30.4 Å². The molecule has 0 aromatic heterocycles. The molecule has 3 nitrogen and oxygen atoms in total. The summed E-state index contributed by atoms with van der Waals surface area (Å²) < 4.78 is 5.43. The van der Waals surface area contributed by atoms with Crippen LogP contribution in [0.5, 0.6) is 5.75 Å². The van der Waals surface area contributed by atoms with E-state index < -0.39 is 0 Å². The maximum Gasteiger partial charge on any atom is 0.144 e. The van der Waals surface area contributed by atoms with Gasteiger partial charge >= 0.3 is 0 Å². The topological polar surface area (TPSA) is 38.5 Å². The van der Waals surface area contributed by atoms with Crippen molar-refractivity contribution in [1.29, 1.82) is 0 Å². The molecule has 94 valence electrons. The first-order valence-corrected chi connectivity index (χ1v) is 6.28. The second-order valence-electron chi connectivity index (χ2n) is 5.28. The number of methoxy groups -OCH3 is 1. The van der Waals surface area contributed by atoms with Crippen LogP contribution in [-0.2, 0) is 0 Å². The van der Waals surface area contributed by atoms with Gasteiger partial charge in [-0.15, -0.1) is 0 Å². The molecule has 2 rings (SSSR count). The number of nitrogen functional groups attached to an aromatic ring is 1. The SMILES string of the molecule is COc1cc(N)ccc1N1CC(C)CC(C)C1. The normalized spacial score (nSPS) is 24.8. The lowest BCUT2D eigenvalue weighted by molar-refractivity contribution is 0.351. The molecule has 0 saturated carbocycles. The van der Waals surface area contributed by atoms with Crippen LogP contribution in [0, 0.1) is 11.8 Å². The second-order valence-corrected chi connectivity index (χ2v) is 5.28. The molecule has 1 heterocycles. The largest absolute Gasteiger partial charge is 0.495 e. The van der Waals surface area contributed by atoms with E-state index in [9.17, 15) is 0 Å². The van der Waals surface area contributed by atoms with Gasteiger partial charge in [-0.1, -0.05) is 13.8 Å². The molecule has 17 heavy (non-hydrogen) atoms. The van der Waals surface area contributed by atoms with Gasteiger partial charge in [0.2, 0.25) is 0 Å². The number of nitrogens with zero attached hydrogens (tertiary/aromatic N) is 1. The molecule has 0 amide bonds. The predicted octanol–water partition coefficient (Wildman–Crippen LogP) is 2.76. The van der Waals surface area contributed by atoms with Crippen LogP contribution in [0.25, 0.3) is 0 Å². The molecule has 1 aliphatic rings. The van der Waals surface area contributed by atoms with E-state index in [1.807, 2.05) is 12.1 Å². The summed E-state index contributed by atoms with van der Waals surface area (Å²) in [7, 11) is 1.70. The van der Waals surface area contributed by atoms with Crippen molar-refractivity contribution in [2.75, 3.05) is 30.8 Å². The summed E-state index contributed by atoms with van der Waals surface area (Å²) >= 11 is 0.